The molecule has 1 amide bonds. The standard InChI is InChI=1S/C17H14Cl2FIN2O3/c18-11-6-10(16(24)23-26-17(25)8-1-2-8)15(7-13(11)20)22-14-4-3-9(21)5-12(14)19/h3-8,17,22,25H,1-2H2,(H,23,24). The number of carbonyl (C=O) groups is 1. The number of nitrogens with one attached hydrogen (secondary N) is 2. The van der Waals surface area contributed by atoms with Crippen molar-refractivity contribution in [2.24, 2.45) is 5.92 Å². The normalized spacial score (nSPS) is 14.8. The minimum absolute atomic E-state index is 0.0234. The molecule has 0 saturated heterocycles. The Balaban J connectivity index is 1.83. The van der Waals surface area contributed by atoms with Gasteiger partial charge in [-0.05, 0) is 65.8 Å². The van der Waals surface area contributed by atoms with Gasteiger partial charge >= 0.3 is 0 Å². The first-order valence-corrected chi connectivity index (χ1v) is 9.54. The molecule has 1 aliphatic rings. The quantitative estimate of drug-likeness (QED) is 0.294. The lowest BCUT2D eigenvalue weighted by Crippen LogP contribution is -2.31. The number of aliphatic hydroxyl groups excluding tert-OH is 1. The summed E-state index contributed by atoms with van der Waals surface area (Å²) in [6.07, 6.45) is 0.617. The fraction of sp³-hybridized carbons (Fsp3) is 0.235. The van der Waals surface area contributed by atoms with Crippen molar-refractivity contribution in [1.82, 2.24) is 5.48 Å². The molecule has 1 aliphatic carbocycles. The van der Waals surface area contributed by atoms with Crippen LogP contribution in [0.5, 0.6) is 0 Å². The summed E-state index contributed by atoms with van der Waals surface area (Å²) >= 11 is 14.1. The maximum atomic E-state index is 13.9. The van der Waals surface area contributed by atoms with Crippen LogP contribution in [-0.2, 0) is 4.84 Å². The lowest BCUT2D eigenvalue weighted by molar-refractivity contribution is -0.145. The van der Waals surface area contributed by atoms with Crippen molar-refractivity contribution in [2.75, 3.05) is 5.32 Å². The van der Waals surface area contributed by atoms with Crippen molar-refractivity contribution in [3.05, 3.63) is 55.3 Å². The van der Waals surface area contributed by atoms with E-state index in [2.05, 4.69) is 33.4 Å². The van der Waals surface area contributed by atoms with E-state index >= 15 is 0 Å². The Hall–Kier alpha value is -1.13. The molecule has 0 aromatic heterocycles. The first-order valence-electron chi connectivity index (χ1n) is 7.70. The van der Waals surface area contributed by atoms with E-state index in [9.17, 15) is 14.3 Å². The minimum atomic E-state index is -1.07. The summed E-state index contributed by atoms with van der Waals surface area (Å²) in [7, 11) is 0. The molecule has 1 saturated carbocycles. The summed E-state index contributed by atoms with van der Waals surface area (Å²) in [4.78, 5) is 17.4. The molecule has 3 rings (SSSR count). The van der Waals surface area contributed by atoms with Gasteiger partial charge in [0.15, 0.2) is 6.29 Å². The minimum Gasteiger partial charge on any atom is -0.366 e. The number of hydroxylamine groups is 1. The SMILES string of the molecule is O=C(NOC(O)C1CC1)c1cc(Cl)c(F)cc1Nc1ccc(I)cc1Cl. The monoisotopic (exact) mass is 510 g/mol. The van der Waals surface area contributed by atoms with Crippen LogP contribution in [0.4, 0.5) is 15.8 Å². The molecule has 0 bridgehead atoms. The zero-order valence-electron chi connectivity index (χ0n) is 13.2. The smallest absolute Gasteiger partial charge is 0.277 e. The number of benzene rings is 2. The highest BCUT2D eigenvalue weighted by Crippen LogP contribution is 2.33. The van der Waals surface area contributed by atoms with Gasteiger partial charge in [0.1, 0.15) is 5.82 Å². The van der Waals surface area contributed by atoms with Crippen LogP contribution in [0, 0.1) is 15.3 Å². The maximum Gasteiger partial charge on any atom is 0.277 e. The van der Waals surface area contributed by atoms with Gasteiger partial charge in [-0.2, -0.15) is 0 Å². The van der Waals surface area contributed by atoms with Gasteiger partial charge in [-0.25, -0.2) is 14.7 Å². The van der Waals surface area contributed by atoms with Crippen molar-refractivity contribution < 1.29 is 19.1 Å². The van der Waals surface area contributed by atoms with Crippen molar-refractivity contribution in [3.63, 3.8) is 0 Å². The second-order valence-corrected chi connectivity index (χ2v) is 7.90. The van der Waals surface area contributed by atoms with Crippen LogP contribution < -0.4 is 10.8 Å². The molecular formula is C17H14Cl2FIN2O3. The highest BCUT2D eigenvalue weighted by molar-refractivity contribution is 14.1. The topological polar surface area (TPSA) is 70.6 Å². The summed E-state index contributed by atoms with van der Waals surface area (Å²) in [6, 6.07) is 7.54. The molecule has 9 heteroatoms. The van der Waals surface area contributed by atoms with Crippen molar-refractivity contribution in [1.29, 1.82) is 0 Å². The molecule has 2 aromatic rings. The molecule has 0 radical (unpaired) electrons. The van der Waals surface area contributed by atoms with Crippen molar-refractivity contribution >= 4 is 63.1 Å². The summed E-state index contributed by atoms with van der Waals surface area (Å²) in [5.41, 5.74) is 2.89. The Morgan fingerprint density at radius 2 is 1.96 bits per heavy atom. The van der Waals surface area contributed by atoms with Crippen LogP contribution in [0.2, 0.25) is 10.0 Å². The highest BCUT2D eigenvalue weighted by atomic mass is 127. The van der Waals surface area contributed by atoms with E-state index in [0.717, 1.165) is 22.5 Å². The summed E-state index contributed by atoms with van der Waals surface area (Å²) in [6.45, 7) is 0. The van der Waals surface area contributed by atoms with E-state index in [1.54, 1.807) is 12.1 Å². The maximum absolute atomic E-state index is 13.9. The van der Waals surface area contributed by atoms with E-state index in [1.165, 1.54) is 6.07 Å². The second kappa shape index (κ2) is 8.26. The lowest BCUT2D eigenvalue weighted by atomic mass is 10.1. The number of halogens is 4. The van der Waals surface area contributed by atoms with Crippen molar-refractivity contribution in [2.45, 2.75) is 19.1 Å². The van der Waals surface area contributed by atoms with Gasteiger partial charge in [-0.1, -0.05) is 23.2 Å². The highest BCUT2D eigenvalue weighted by Gasteiger charge is 2.31. The largest absolute Gasteiger partial charge is 0.366 e. The Kier molecular flexibility index (Phi) is 6.24. The average molecular weight is 511 g/mol. The number of hydrogen-bond donors (Lipinski definition) is 3. The molecule has 0 heterocycles. The second-order valence-electron chi connectivity index (χ2n) is 5.84. The molecule has 5 nitrogen and oxygen atoms in total. The van der Waals surface area contributed by atoms with Gasteiger partial charge in [-0.15, -0.1) is 0 Å². The third kappa shape index (κ3) is 4.77. The first-order chi connectivity index (χ1) is 12.3. The molecule has 3 N–H and O–H groups in total. The van der Waals surface area contributed by atoms with Crippen LogP contribution in [0.1, 0.15) is 23.2 Å². The molecule has 0 spiro atoms. The number of anilines is 2. The van der Waals surface area contributed by atoms with Crippen LogP contribution in [0.3, 0.4) is 0 Å². The molecule has 0 aliphatic heterocycles. The molecule has 138 valence electrons. The van der Waals surface area contributed by atoms with E-state index in [0.29, 0.717) is 10.7 Å². The Labute approximate surface area is 172 Å². The number of hydrogen-bond acceptors (Lipinski definition) is 4. The zero-order chi connectivity index (χ0) is 18.8. The summed E-state index contributed by atoms with van der Waals surface area (Å²) in [5.74, 6) is -1.34. The third-order valence-electron chi connectivity index (χ3n) is 3.80. The first kappa shape index (κ1) is 19.6. The van der Waals surface area contributed by atoms with Gasteiger partial charge in [0.2, 0.25) is 0 Å². The van der Waals surface area contributed by atoms with Gasteiger partial charge in [-0.3, -0.25) is 4.79 Å². The van der Waals surface area contributed by atoms with Gasteiger partial charge in [0, 0.05) is 9.49 Å². The fourth-order valence-corrected chi connectivity index (χ4v) is 3.29. The number of rotatable bonds is 6. The van der Waals surface area contributed by atoms with Crippen LogP contribution in [-0.4, -0.2) is 17.3 Å². The van der Waals surface area contributed by atoms with Gasteiger partial charge in [0.05, 0.1) is 27.0 Å². The van der Waals surface area contributed by atoms with Gasteiger partial charge < -0.3 is 10.4 Å². The van der Waals surface area contributed by atoms with Gasteiger partial charge in [0.25, 0.3) is 5.91 Å². The van der Waals surface area contributed by atoms with Crippen LogP contribution >= 0.6 is 45.8 Å². The number of carbonyl (C=O) groups excluding carboxylic acids is 1. The Morgan fingerprint density at radius 1 is 1.23 bits per heavy atom. The molecule has 1 atom stereocenters. The van der Waals surface area contributed by atoms with Crippen LogP contribution in [0.15, 0.2) is 30.3 Å². The molecule has 1 unspecified atom stereocenters. The predicted molar refractivity (Wildman–Crippen MR) is 106 cm³/mol. The lowest BCUT2D eigenvalue weighted by Gasteiger charge is -2.16. The number of amides is 1. The van der Waals surface area contributed by atoms with E-state index in [-0.39, 0.29) is 22.2 Å². The summed E-state index contributed by atoms with van der Waals surface area (Å²) < 4.78 is 14.8. The predicted octanol–water partition coefficient (Wildman–Crippen LogP) is 4.87. The fourth-order valence-electron chi connectivity index (χ4n) is 2.22. The zero-order valence-corrected chi connectivity index (χ0v) is 16.9. The molecular weight excluding hydrogens is 497 g/mol. The molecule has 1 fully saturated rings. The average Bonchev–Trinajstić information content (AvgIpc) is 3.43. The van der Waals surface area contributed by atoms with Crippen LogP contribution in [0.25, 0.3) is 0 Å². The van der Waals surface area contributed by atoms with Crippen molar-refractivity contribution in [3.8, 4) is 0 Å². The Bertz CT molecular complexity index is 849. The molecule has 2 aromatic carbocycles. The number of aliphatic hydroxyl groups is 1. The van der Waals surface area contributed by atoms with E-state index < -0.39 is 18.0 Å². The third-order valence-corrected chi connectivity index (χ3v) is 5.08. The molecule has 26 heavy (non-hydrogen) atoms. The van der Waals surface area contributed by atoms with E-state index in [1.807, 2.05) is 6.07 Å². The Morgan fingerprint density at radius 3 is 2.62 bits per heavy atom. The summed E-state index contributed by atoms with van der Waals surface area (Å²) in [5, 5.41) is 12.8. The van der Waals surface area contributed by atoms with E-state index in [4.69, 9.17) is 28.0 Å².